The van der Waals surface area contributed by atoms with Crippen LogP contribution < -0.4 is 0 Å². The summed E-state index contributed by atoms with van der Waals surface area (Å²) in [5, 5.41) is 0. The highest BCUT2D eigenvalue weighted by atomic mass is 79.9. The van der Waals surface area contributed by atoms with Gasteiger partial charge in [0.25, 0.3) is 0 Å². The van der Waals surface area contributed by atoms with Gasteiger partial charge in [0.05, 0.1) is 4.48 Å². The quantitative estimate of drug-likeness (QED) is 0.363. The molecule has 0 spiro atoms. The van der Waals surface area contributed by atoms with E-state index in [-0.39, 0.29) is 13.2 Å². The van der Waals surface area contributed by atoms with Crippen LogP contribution in [0.15, 0.2) is 10.6 Å². The molecule has 7 heteroatoms. The van der Waals surface area contributed by atoms with Gasteiger partial charge in [0.1, 0.15) is 19.3 Å². The summed E-state index contributed by atoms with van der Waals surface area (Å²) in [4.78, 5) is 22.2. The molecule has 1 heterocycles. The van der Waals surface area contributed by atoms with Crippen LogP contribution >= 0.6 is 15.9 Å². The molecular weight excluding hydrogens is 392 g/mol. The van der Waals surface area contributed by atoms with Crippen LogP contribution in [-0.2, 0) is 28.5 Å². The Bertz CT molecular complexity index is 595. The zero-order chi connectivity index (χ0) is 18.7. The maximum Gasteiger partial charge on any atom is 0.303 e. The Balaban J connectivity index is 2.60. The third kappa shape index (κ3) is 8.74. The standard InChI is InChI=1S/C18H21BrO6/c1-4-5-6-7-8-9-10-22-18-15(19)11-16(24-14(3)21)17(25-18)12-23-13(2)20/h1,11,16-18H,5-7,10,12H2,2-3H3/t16-,17-,18+/m1/s1. The number of esters is 2. The first kappa shape index (κ1) is 21.2. The van der Waals surface area contributed by atoms with Gasteiger partial charge in [0.15, 0.2) is 12.4 Å². The number of carbonyl (C=O) groups excluding carboxylic acids is 2. The molecule has 0 unspecified atom stereocenters. The summed E-state index contributed by atoms with van der Waals surface area (Å²) in [5.74, 6) is 7.48. The van der Waals surface area contributed by atoms with Crippen molar-refractivity contribution in [2.75, 3.05) is 13.2 Å². The monoisotopic (exact) mass is 412 g/mol. The molecular formula is C18H21BrO6. The van der Waals surface area contributed by atoms with Crippen molar-refractivity contribution in [3.63, 3.8) is 0 Å². The Morgan fingerprint density at radius 2 is 2.04 bits per heavy atom. The Kier molecular flexibility index (Phi) is 9.94. The summed E-state index contributed by atoms with van der Waals surface area (Å²) >= 11 is 3.34. The molecule has 1 aliphatic heterocycles. The van der Waals surface area contributed by atoms with Crippen molar-refractivity contribution in [2.24, 2.45) is 0 Å². The molecule has 25 heavy (non-hydrogen) atoms. The lowest BCUT2D eigenvalue weighted by atomic mass is 10.1. The molecule has 6 nitrogen and oxygen atoms in total. The summed E-state index contributed by atoms with van der Waals surface area (Å²) in [7, 11) is 0. The van der Waals surface area contributed by atoms with Crippen LogP contribution in [-0.4, -0.2) is 43.7 Å². The van der Waals surface area contributed by atoms with Gasteiger partial charge in [0.2, 0.25) is 0 Å². The SMILES string of the molecule is C#CCCCC#CCO[C@H]1O[C@H](COC(C)=O)[C@H](OC(C)=O)C=C1Br. The summed E-state index contributed by atoms with van der Waals surface area (Å²) in [6.07, 6.45) is 7.02. The Hall–Kier alpha value is -1.80. The van der Waals surface area contributed by atoms with Crippen LogP contribution in [0, 0.1) is 24.2 Å². The summed E-state index contributed by atoms with van der Waals surface area (Å²) in [5.41, 5.74) is 0. The Morgan fingerprint density at radius 1 is 1.28 bits per heavy atom. The van der Waals surface area contributed by atoms with Gasteiger partial charge in [-0.1, -0.05) is 21.9 Å². The van der Waals surface area contributed by atoms with Gasteiger partial charge >= 0.3 is 11.9 Å². The van der Waals surface area contributed by atoms with Crippen LogP contribution in [0.1, 0.15) is 33.1 Å². The molecule has 0 radical (unpaired) electrons. The minimum Gasteiger partial charge on any atom is -0.463 e. The van der Waals surface area contributed by atoms with Crippen LogP contribution in [0.4, 0.5) is 0 Å². The fraction of sp³-hybridized carbons (Fsp3) is 0.556. The number of hydrogen-bond donors (Lipinski definition) is 0. The predicted molar refractivity (Wildman–Crippen MR) is 94.3 cm³/mol. The maximum atomic E-state index is 11.2. The smallest absolute Gasteiger partial charge is 0.303 e. The van der Waals surface area contributed by atoms with Gasteiger partial charge in [-0.15, -0.1) is 18.3 Å². The van der Waals surface area contributed by atoms with E-state index in [0.717, 1.165) is 6.42 Å². The maximum absolute atomic E-state index is 11.2. The van der Waals surface area contributed by atoms with Crippen molar-refractivity contribution in [1.82, 2.24) is 0 Å². The largest absolute Gasteiger partial charge is 0.463 e. The fourth-order valence-corrected chi connectivity index (χ4v) is 2.43. The molecule has 0 bridgehead atoms. The molecule has 0 aliphatic carbocycles. The highest BCUT2D eigenvalue weighted by Gasteiger charge is 2.34. The van der Waals surface area contributed by atoms with E-state index in [1.54, 1.807) is 6.08 Å². The lowest BCUT2D eigenvalue weighted by molar-refractivity contribution is -0.194. The van der Waals surface area contributed by atoms with Crippen LogP contribution in [0.25, 0.3) is 0 Å². The zero-order valence-corrected chi connectivity index (χ0v) is 15.8. The van der Waals surface area contributed by atoms with Gasteiger partial charge in [-0.25, -0.2) is 0 Å². The number of ether oxygens (including phenoxy) is 4. The summed E-state index contributed by atoms with van der Waals surface area (Å²) in [6, 6.07) is 0. The van der Waals surface area contributed by atoms with Gasteiger partial charge in [-0.05, 0) is 12.5 Å². The zero-order valence-electron chi connectivity index (χ0n) is 14.2. The van der Waals surface area contributed by atoms with Crippen molar-refractivity contribution >= 4 is 27.9 Å². The minimum atomic E-state index is -0.715. The predicted octanol–water partition coefficient (Wildman–Crippen LogP) is 2.31. The first-order valence-corrected chi connectivity index (χ1v) is 8.57. The Morgan fingerprint density at radius 3 is 2.68 bits per heavy atom. The average molecular weight is 413 g/mol. The van der Waals surface area contributed by atoms with Crippen molar-refractivity contribution in [1.29, 1.82) is 0 Å². The lowest BCUT2D eigenvalue weighted by Crippen LogP contribution is -2.43. The number of rotatable bonds is 7. The summed E-state index contributed by atoms with van der Waals surface area (Å²) in [6.45, 7) is 2.70. The second-order valence-electron chi connectivity index (χ2n) is 5.16. The first-order valence-electron chi connectivity index (χ1n) is 7.78. The van der Waals surface area contributed by atoms with E-state index in [1.165, 1.54) is 13.8 Å². The van der Waals surface area contributed by atoms with Crippen LogP contribution in [0.2, 0.25) is 0 Å². The van der Waals surface area contributed by atoms with E-state index >= 15 is 0 Å². The number of carbonyl (C=O) groups is 2. The van der Waals surface area contributed by atoms with E-state index in [9.17, 15) is 9.59 Å². The normalized spacial score (nSPS) is 22.0. The molecule has 1 rings (SSSR count). The molecule has 0 fully saturated rings. The highest BCUT2D eigenvalue weighted by Crippen LogP contribution is 2.27. The third-order valence-corrected chi connectivity index (χ3v) is 3.66. The lowest BCUT2D eigenvalue weighted by Gasteiger charge is -2.32. The molecule has 0 saturated heterocycles. The van der Waals surface area contributed by atoms with Gasteiger partial charge in [0, 0.05) is 26.7 Å². The molecule has 1 aliphatic rings. The van der Waals surface area contributed by atoms with E-state index in [4.69, 9.17) is 25.4 Å². The van der Waals surface area contributed by atoms with Crippen molar-refractivity contribution < 1.29 is 28.5 Å². The number of hydrogen-bond acceptors (Lipinski definition) is 6. The molecule has 0 N–H and O–H groups in total. The minimum absolute atomic E-state index is 0.0539. The molecule has 0 aromatic rings. The van der Waals surface area contributed by atoms with E-state index in [1.807, 2.05) is 0 Å². The topological polar surface area (TPSA) is 71.1 Å². The fourth-order valence-electron chi connectivity index (χ4n) is 1.93. The van der Waals surface area contributed by atoms with Gasteiger partial charge in [-0.3, -0.25) is 9.59 Å². The second-order valence-corrected chi connectivity index (χ2v) is 6.07. The second kappa shape index (κ2) is 11.7. The van der Waals surface area contributed by atoms with E-state index in [2.05, 4.69) is 33.7 Å². The number of terminal acetylenes is 1. The molecule has 0 aromatic carbocycles. The molecule has 0 saturated carbocycles. The van der Waals surface area contributed by atoms with Crippen molar-refractivity contribution in [2.45, 2.75) is 51.6 Å². The number of unbranched alkanes of at least 4 members (excludes halogenated alkanes) is 2. The van der Waals surface area contributed by atoms with E-state index < -0.39 is 30.4 Å². The van der Waals surface area contributed by atoms with Crippen LogP contribution in [0.5, 0.6) is 0 Å². The molecule has 0 amide bonds. The van der Waals surface area contributed by atoms with E-state index in [0.29, 0.717) is 17.3 Å². The van der Waals surface area contributed by atoms with Crippen LogP contribution in [0.3, 0.4) is 0 Å². The molecule has 0 aromatic heterocycles. The van der Waals surface area contributed by atoms with Crippen molar-refractivity contribution in [3.8, 4) is 24.2 Å². The first-order chi connectivity index (χ1) is 11.9. The van der Waals surface area contributed by atoms with Crippen molar-refractivity contribution in [3.05, 3.63) is 10.6 Å². The Labute approximate surface area is 156 Å². The van der Waals surface area contributed by atoms with Gasteiger partial charge < -0.3 is 18.9 Å². The van der Waals surface area contributed by atoms with Gasteiger partial charge in [-0.2, -0.15) is 0 Å². The highest BCUT2D eigenvalue weighted by molar-refractivity contribution is 9.11. The number of halogens is 1. The summed E-state index contributed by atoms with van der Waals surface area (Å²) < 4.78 is 22.0. The molecule has 3 atom stereocenters. The average Bonchev–Trinajstić information content (AvgIpc) is 2.54. The third-order valence-electron chi connectivity index (χ3n) is 3.02. The molecule has 136 valence electrons.